The number of hydrogen-bond acceptors (Lipinski definition) is 7. The smallest absolute Gasteiger partial charge is 0.335 e. The summed E-state index contributed by atoms with van der Waals surface area (Å²) < 4.78 is 9.78. The quantitative estimate of drug-likeness (QED) is 0.612. The predicted octanol–water partition coefficient (Wildman–Crippen LogP) is 1.64. The minimum absolute atomic E-state index is 0.0198. The molecule has 1 aliphatic heterocycles. The van der Waals surface area contributed by atoms with Gasteiger partial charge in [0.1, 0.15) is 17.1 Å². The van der Waals surface area contributed by atoms with Crippen LogP contribution < -0.4 is 0 Å². The average molecular weight is 344 g/mol. The monoisotopic (exact) mass is 344 g/mol. The normalized spacial score (nSPS) is 26.4. The number of ketones is 1. The van der Waals surface area contributed by atoms with E-state index >= 15 is 0 Å². The highest BCUT2D eigenvalue weighted by molar-refractivity contribution is 8.00. The standard InChI is InChI=1S/C16H24O6S/c1-11-7-5-3-4-6-8-12(17)9-14(16(20)22-11)23-10-13(18)15(19)21-2/h3,5,11,13-14,18H,4,6-10H2,1-2H3/b5-3+/t11-,13-,14-/m1/s1. The Morgan fingerprint density at radius 2 is 2.22 bits per heavy atom. The Morgan fingerprint density at radius 1 is 1.48 bits per heavy atom. The number of cyclic esters (lactones) is 1. The number of aliphatic hydroxyl groups excluding tert-OH is 1. The zero-order chi connectivity index (χ0) is 17.2. The van der Waals surface area contributed by atoms with Crippen LogP contribution >= 0.6 is 11.8 Å². The fourth-order valence-electron chi connectivity index (χ4n) is 2.08. The summed E-state index contributed by atoms with van der Waals surface area (Å²) in [6.45, 7) is 1.79. The summed E-state index contributed by atoms with van der Waals surface area (Å²) in [5.41, 5.74) is 0. The van der Waals surface area contributed by atoms with E-state index < -0.39 is 23.3 Å². The van der Waals surface area contributed by atoms with Gasteiger partial charge in [0.05, 0.1) is 7.11 Å². The molecule has 0 fully saturated rings. The number of Topliss-reactive ketones (excluding diaryl/α,β-unsaturated/α-hetero) is 1. The van der Waals surface area contributed by atoms with Crippen molar-refractivity contribution in [3.63, 3.8) is 0 Å². The molecule has 130 valence electrons. The lowest BCUT2D eigenvalue weighted by atomic mass is 10.1. The van der Waals surface area contributed by atoms with Gasteiger partial charge in [0, 0.05) is 25.0 Å². The van der Waals surface area contributed by atoms with E-state index in [0.29, 0.717) is 12.8 Å². The van der Waals surface area contributed by atoms with Crippen LogP contribution in [-0.2, 0) is 23.9 Å². The molecule has 0 amide bonds. The Labute approximate surface area is 140 Å². The van der Waals surface area contributed by atoms with Gasteiger partial charge >= 0.3 is 11.9 Å². The van der Waals surface area contributed by atoms with Crippen LogP contribution in [0.15, 0.2) is 12.2 Å². The van der Waals surface area contributed by atoms with E-state index in [2.05, 4.69) is 4.74 Å². The number of carbonyl (C=O) groups is 3. The van der Waals surface area contributed by atoms with E-state index in [0.717, 1.165) is 24.6 Å². The van der Waals surface area contributed by atoms with Gasteiger partial charge in [-0.25, -0.2) is 4.79 Å². The van der Waals surface area contributed by atoms with Gasteiger partial charge in [-0.2, -0.15) is 0 Å². The Bertz CT molecular complexity index is 448. The number of thioether (sulfide) groups is 1. The van der Waals surface area contributed by atoms with Crippen LogP contribution in [0.4, 0.5) is 0 Å². The van der Waals surface area contributed by atoms with Crippen molar-refractivity contribution in [2.45, 2.75) is 56.5 Å². The largest absolute Gasteiger partial charge is 0.467 e. The zero-order valence-electron chi connectivity index (χ0n) is 13.5. The van der Waals surface area contributed by atoms with E-state index in [9.17, 15) is 19.5 Å². The molecule has 0 bridgehead atoms. The third kappa shape index (κ3) is 7.65. The van der Waals surface area contributed by atoms with Gasteiger partial charge in [0.2, 0.25) is 0 Å². The fraction of sp³-hybridized carbons (Fsp3) is 0.688. The molecule has 0 aromatic heterocycles. The van der Waals surface area contributed by atoms with Crippen LogP contribution in [0.5, 0.6) is 0 Å². The number of allylic oxidation sites excluding steroid dienone is 1. The molecule has 0 aromatic carbocycles. The van der Waals surface area contributed by atoms with Gasteiger partial charge in [0.15, 0.2) is 6.10 Å². The molecule has 1 aliphatic rings. The third-order valence-corrected chi connectivity index (χ3v) is 4.65. The minimum Gasteiger partial charge on any atom is -0.467 e. The maximum absolute atomic E-state index is 12.2. The van der Waals surface area contributed by atoms with Crippen molar-refractivity contribution >= 4 is 29.5 Å². The maximum atomic E-state index is 12.2. The van der Waals surface area contributed by atoms with E-state index in [-0.39, 0.29) is 24.1 Å². The Balaban J connectivity index is 2.69. The number of esters is 2. The molecule has 3 atom stereocenters. The Hall–Kier alpha value is -1.34. The second-order valence-corrected chi connectivity index (χ2v) is 6.69. The highest BCUT2D eigenvalue weighted by Crippen LogP contribution is 2.21. The number of aliphatic hydroxyl groups is 1. The van der Waals surface area contributed by atoms with Gasteiger partial charge in [-0.3, -0.25) is 9.59 Å². The lowest BCUT2D eigenvalue weighted by Crippen LogP contribution is -2.30. The van der Waals surface area contributed by atoms with E-state index in [4.69, 9.17) is 4.74 Å². The van der Waals surface area contributed by atoms with Crippen molar-refractivity contribution in [1.82, 2.24) is 0 Å². The summed E-state index contributed by atoms with van der Waals surface area (Å²) in [5.74, 6) is -1.28. The van der Waals surface area contributed by atoms with Crippen LogP contribution in [0.1, 0.15) is 39.0 Å². The summed E-state index contributed by atoms with van der Waals surface area (Å²) in [6.07, 6.45) is 5.01. The summed E-state index contributed by atoms with van der Waals surface area (Å²) in [7, 11) is 1.18. The Morgan fingerprint density at radius 3 is 2.91 bits per heavy atom. The molecule has 1 rings (SSSR count). The van der Waals surface area contributed by atoms with Gasteiger partial charge < -0.3 is 14.6 Å². The summed E-state index contributed by atoms with van der Waals surface area (Å²) in [4.78, 5) is 35.4. The molecular weight excluding hydrogens is 320 g/mol. The summed E-state index contributed by atoms with van der Waals surface area (Å²) in [5, 5.41) is 8.90. The van der Waals surface area contributed by atoms with Crippen LogP contribution in [0, 0.1) is 0 Å². The molecule has 0 saturated heterocycles. The molecular formula is C16H24O6S. The molecule has 0 aliphatic carbocycles. The van der Waals surface area contributed by atoms with Gasteiger partial charge in [-0.1, -0.05) is 12.2 Å². The van der Waals surface area contributed by atoms with E-state index in [1.807, 2.05) is 12.2 Å². The lowest BCUT2D eigenvalue weighted by Gasteiger charge is -2.19. The van der Waals surface area contributed by atoms with Gasteiger partial charge in [-0.15, -0.1) is 11.8 Å². The average Bonchev–Trinajstić information content (AvgIpc) is 2.52. The second-order valence-electron chi connectivity index (χ2n) is 5.45. The SMILES string of the molecule is COC(=O)[C@H](O)CS[C@@H]1CC(=O)CCC/C=C/C[C@@H](C)OC1=O. The first-order chi connectivity index (χ1) is 10.9. The van der Waals surface area contributed by atoms with Crippen LogP contribution in [0.2, 0.25) is 0 Å². The first kappa shape index (κ1) is 19.7. The van der Waals surface area contributed by atoms with Crippen LogP contribution in [-0.4, -0.2) is 53.1 Å². The molecule has 23 heavy (non-hydrogen) atoms. The van der Waals surface area contributed by atoms with Crippen LogP contribution in [0.3, 0.4) is 0 Å². The van der Waals surface area contributed by atoms with E-state index in [1.165, 1.54) is 7.11 Å². The molecule has 0 radical (unpaired) electrons. The molecule has 1 N–H and O–H groups in total. The first-order valence-electron chi connectivity index (χ1n) is 7.68. The molecule has 7 heteroatoms. The topological polar surface area (TPSA) is 89.9 Å². The van der Waals surface area contributed by atoms with Crippen molar-refractivity contribution < 1.29 is 29.0 Å². The number of methoxy groups -OCH3 is 1. The van der Waals surface area contributed by atoms with Crippen LogP contribution in [0.25, 0.3) is 0 Å². The number of carbonyl (C=O) groups excluding carboxylic acids is 3. The fourth-order valence-corrected chi connectivity index (χ4v) is 3.12. The lowest BCUT2D eigenvalue weighted by molar-refractivity contribution is -0.149. The van der Waals surface area contributed by atoms with Gasteiger partial charge in [-0.05, 0) is 19.8 Å². The molecule has 0 unspecified atom stereocenters. The summed E-state index contributed by atoms with van der Waals surface area (Å²) in [6, 6.07) is 0. The first-order valence-corrected chi connectivity index (χ1v) is 8.73. The summed E-state index contributed by atoms with van der Waals surface area (Å²) >= 11 is 1.05. The highest BCUT2D eigenvalue weighted by Gasteiger charge is 2.27. The molecule has 1 heterocycles. The number of hydrogen-bond donors (Lipinski definition) is 1. The minimum atomic E-state index is -1.32. The molecule has 0 aromatic rings. The predicted molar refractivity (Wildman–Crippen MR) is 87.1 cm³/mol. The maximum Gasteiger partial charge on any atom is 0.335 e. The highest BCUT2D eigenvalue weighted by atomic mass is 32.2. The van der Waals surface area contributed by atoms with Crippen molar-refractivity contribution in [3.05, 3.63) is 12.2 Å². The zero-order valence-corrected chi connectivity index (χ0v) is 14.3. The molecule has 0 spiro atoms. The number of ether oxygens (including phenoxy) is 2. The van der Waals surface area contributed by atoms with Crippen molar-refractivity contribution in [2.24, 2.45) is 0 Å². The van der Waals surface area contributed by atoms with Crippen molar-refractivity contribution in [3.8, 4) is 0 Å². The Kier molecular flexibility index (Phi) is 8.94. The third-order valence-electron chi connectivity index (χ3n) is 3.38. The second kappa shape index (κ2) is 10.4. The van der Waals surface area contributed by atoms with E-state index in [1.54, 1.807) is 6.92 Å². The number of rotatable bonds is 4. The molecule has 6 nitrogen and oxygen atoms in total. The van der Waals surface area contributed by atoms with Crippen molar-refractivity contribution in [1.29, 1.82) is 0 Å². The molecule has 0 saturated carbocycles. The van der Waals surface area contributed by atoms with Crippen molar-refractivity contribution in [2.75, 3.05) is 12.9 Å². The van der Waals surface area contributed by atoms with Gasteiger partial charge in [0.25, 0.3) is 0 Å².